The molecular formula is C20H17F3N2O3S. The fourth-order valence-electron chi connectivity index (χ4n) is 3.59. The first-order chi connectivity index (χ1) is 13.6. The molecule has 1 aliphatic rings. The van der Waals surface area contributed by atoms with Gasteiger partial charge in [0.15, 0.2) is 11.6 Å². The average molecular weight is 422 g/mol. The zero-order valence-corrected chi connectivity index (χ0v) is 16.1. The number of nitrogens with two attached hydrogens (primary N) is 1. The zero-order valence-electron chi connectivity index (χ0n) is 15.2. The minimum absolute atomic E-state index is 0.144. The van der Waals surface area contributed by atoms with E-state index in [4.69, 9.17) is 10.5 Å². The monoisotopic (exact) mass is 422 g/mol. The first-order valence-electron chi connectivity index (χ1n) is 8.72. The highest BCUT2D eigenvalue weighted by molar-refractivity contribution is 7.92. The highest BCUT2D eigenvalue weighted by Gasteiger charge is 2.32. The predicted molar refractivity (Wildman–Crippen MR) is 104 cm³/mol. The maximum absolute atomic E-state index is 14.2. The molecule has 5 nitrogen and oxygen atoms in total. The van der Waals surface area contributed by atoms with Crippen LogP contribution in [0.25, 0.3) is 10.8 Å². The Morgan fingerprint density at radius 2 is 1.76 bits per heavy atom. The Morgan fingerprint density at radius 1 is 1.03 bits per heavy atom. The van der Waals surface area contributed by atoms with Crippen molar-refractivity contribution in [3.63, 3.8) is 0 Å². The van der Waals surface area contributed by atoms with E-state index >= 15 is 0 Å². The minimum Gasteiger partial charge on any atom is -0.484 e. The van der Waals surface area contributed by atoms with Crippen LogP contribution in [-0.4, -0.2) is 20.7 Å². The number of anilines is 1. The number of halogens is 3. The second-order valence-corrected chi connectivity index (χ2v) is 8.80. The van der Waals surface area contributed by atoms with E-state index < -0.39 is 39.6 Å². The van der Waals surface area contributed by atoms with Crippen LogP contribution in [0, 0.1) is 17.5 Å². The van der Waals surface area contributed by atoms with Crippen molar-refractivity contribution in [1.82, 2.24) is 0 Å². The van der Waals surface area contributed by atoms with Crippen LogP contribution in [0.15, 0.2) is 42.5 Å². The van der Waals surface area contributed by atoms with Crippen molar-refractivity contribution >= 4 is 26.5 Å². The van der Waals surface area contributed by atoms with E-state index in [1.807, 2.05) is 0 Å². The normalized spacial score (nSPS) is 18.9. The van der Waals surface area contributed by atoms with Crippen molar-refractivity contribution in [3.8, 4) is 5.75 Å². The molecule has 0 saturated carbocycles. The number of benzene rings is 3. The lowest BCUT2D eigenvalue weighted by Gasteiger charge is -2.32. The molecule has 3 aromatic rings. The number of nitrogens with one attached hydrogen (secondary N) is 1. The summed E-state index contributed by atoms with van der Waals surface area (Å²) < 4.78 is 72.2. The molecule has 0 aromatic heterocycles. The van der Waals surface area contributed by atoms with Gasteiger partial charge in [-0.1, -0.05) is 12.1 Å². The lowest BCUT2D eigenvalue weighted by Crippen LogP contribution is -2.38. The van der Waals surface area contributed by atoms with Crippen LogP contribution in [0.1, 0.15) is 17.2 Å². The van der Waals surface area contributed by atoms with Gasteiger partial charge in [0.2, 0.25) is 10.0 Å². The third-order valence-corrected chi connectivity index (χ3v) is 5.43. The van der Waals surface area contributed by atoms with E-state index in [0.717, 1.165) is 28.7 Å². The number of hydrogen-bond donors (Lipinski definition) is 2. The molecule has 0 amide bonds. The Bertz CT molecular complexity index is 1230. The maximum Gasteiger partial charge on any atom is 0.229 e. The molecule has 29 heavy (non-hydrogen) atoms. The van der Waals surface area contributed by atoms with E-state index in [2.05, 4.69) is 4.72 Å². The molecule has 2 atom stereocenters. The maximum atomic E-state index is 14.2. The summed E-state index contributed by atoms with van der Waals surface area (Å²) in [4.78, 5) is 0. The van der Waals surface area contributed by atoms with Crippen LogP contribution >= 0.6 is 0 Å². The summed E-state index contributed by atoms with van der Waals surface area (Å²) in [6.07, 6.45) is 0.407. The van der Waals surface area contributed by atoms with Crippen LogP contribution < -0.4 is 15.2 Å². The summed E-state index contributed by atoms with van der Waals surface area (Å²) in [5, 5.41) is 1.58. The van der Waals surface area contributed by atoms with Crippen LogP contribution in [0.5, 0.6) is 5.75 Å². The molecule has 0 fully saturated rings. The van der Waals surface area contributed by atoms with Gasteiger partial charge in [-0.2, -0.15) is 0 Å². The van der Waals surface area contributed by atoms with Gasteiger partial charge >= 0.3 is 0 Å². The summed E-state index contributed by atoms with van der Waals surface area (Å²) in [5.74, 6) is -2.92. The standard InChI is InChI=1S/C20H17F3N2O3S/c1-29(26,27)25-11-3-4-12-10(6-11)2-5-19-13(12)8-18(24)20(28-19)14-7-16(22)17(23)9-15(14)21/h2-7,9,18,20,25H,8,24H2,1H3/t18-,20+/m0/s1. The Balaban J connectivity index is 1.73. The molecule has 152 valence electrons. The molecule has 9 heteroatoms. The topological polar surface area (TPSA) is 81.4 Å². The van der Waals surface area contributed by atoms with Gasteiger partial charge in [0, 0.05) is 22.9 Å². The van der Waals surface area contributed by atoms with Gasteiger partial charge in [0.05, 0.1) is 12.3 Å². The SMILES string of the molecule is CS(=O)(=O)Nc1ccc2c3c(ccc2c1)O[C@H](c1cc(F)c(F)cc1F)[C@@H](N)C3. The summed E-state index contributed by atoms with van der Waals surface area (Å²) in [6, 6.07) is 9.00. The molecule has 0 saturated heterocycles. The lowest BCUT2D eigenvalue weighted by atomic mass is 9.90. The Kier molecular flexibility index (Phi) is 4.66. The Labute approximate surface area is 165 Å². The molecule has 1 heterocycles. The number of fused-ring (bicyclic) bond motifs is 3. The molecule has 0 unspecified atom stereocenters. The fraction of sp³-hybridized carbons (Fsp3) is 0.200. The molecule has 4 rings (SSSR count). The third-order valence-electron chi connectivity index (χ3n) is 4.82. The highest BCUT2D eigenvalue weighted by atomic mass is 32.2. The van der Waals surface area contributed by atoms with Crippen molar-refractivity contribution < 1.29 is 26.3 Å². The van der Waals surface area contributed by atoms with E-state index in [9.17, 15) is 21.6 Å². The molecular weight excluding hydrogens is 405 g/mol. The molecule has 0 radical (unpaired) electrons. The molecule has 1 aliphatic heterocycles. The van der Waals surface area contributed by atoms with E-state index in [0.29, 0.717) is 23.9 Å². The highest BCUT2D eigenvalue weighted by Crippen LogP contribution is 2.39. The molecule has 0 spiro atoms. The minimum atomic E-state index is -3.41. The summed E-state index contributed by atoms with van der Waals surface area (Å²) >= 11 is 0. The second kappa shape index (κ2) is 6.93. The van der Waals surface area contributed by atoms with Gasteiger partial charge in [0.1, 0.15) is 17.7 Å². The van der Waals surface area contributed by atoms with Crippen molar-refractivity contribution in [2.75, 3.05) is 11.0 Å². The van der Waals surface area contributed by atoms with Crippen molar-refractivity contribution in [1.29, 1.82) is 0 Å². The van der Waals surface area contributed by atoms with E-state index in [1.54, 1.807) is 30.3 Å². The van der Waals surface area contributed by atoms with Gasteiger partial charge in [-0.25, -0.2) is 21.6 Å². The van der Waals surface area contributed by atoms with Crippen LogP contribution in [0.3, 0.4) is 0 Å². The van der Waals surface area contributed by atoms with Gasteiger partial charge in [-0.15, -0.1) is 0 Å². The fourth-order valence-corrected chi connectivity index (χ4v) is 4.14. The molecule has 0 bridgehead atoms. The molecule has 3 aromatic carbocycles. The Hall–Kier alpha value is -2.78. The van der Waals surface area contributed by atoms with Gasteiger partial charge in [-0.3, -0.25) is 4.72 Å². The number of ether oxygens (including phenoxy) is 1. The summed E-state index contributed by atoms with van der Waals surface area (Å²) in [5.41, 5.74) is 7.24. The van der Waals surface area contributed by atoms with Crippen molar-refractivity contribution in [2.45, 2.75) is 18.6 Å². The van der Waals surface area contributed by atoms with Gasteiger partial charge in [0.25, 0.3) is 0 Å². The van der Waals surface area contributed by atoms with Crippen molar-refractivity contribution in [2.24, 2.45) is 5.73 Å². The van der Waals surface area contributed by atoms with Gasteiger partial charge < -0.3 is 10.5 Å². The van der Waals surface area contributed by atoms with Crippen LogP contribution in [0.4, 0.5) is 18.9 Å². The van der Waals surface area contributed by atoms with E-state index in [-0.39, 0.29) is 5.56 Å². The average Bonchev–Trinajstić information content (AvgIpc) is 2.63. The number of hydrogen-bond acceptors (Lipinski definition) is 4. The zero-order chi connectivity index (χ0) is 20.9. The quantitative estimate of drug-likeness (QED) is 0.632. The van der Waals surface area contributed by atoms with Crippen LogP contribution in [0.2, 0.25) is 0 Å². The lowest BCUT2D eigenvalue weighted by molar-refractivity contribution is 0.149. The van der Waals surface area contributed by atoms with E-state index in [1.165, 1.54) is 0 Å². The van der Waals surface area contributed by atoms with Gasteiger partial charge in [-0.05, 0) is 41.5 Å². The smallest absolute Gasteiger partial charge is 0.229 e. The second-order valence-electron chi connectivity index (χ2n) is 7.05. The third kappa shape index (κ3) is 3.75. The summed E-state index contributed by atoms with van der Waals surface area (Å²) in [6.45, 7) is 0. The number of sulfonamides is 1. The Morgan fingerprint density at radius 3 is 2.48 bits per heavy atom. The first-order valence-corrected chi connectivity index (χ1v) is 10.6. The molecule has 3 N–H and O–H groups in total. The molecule has 0 aliphatic carbocycles. The van der Waals surface area contributed by atoms with Crippen molar-refractivity contribution in [3.05, 3.63) is 71.0 Å². The van der Waals surface area contributed by atoms with Crippen LogP contribution in [-0.2, 0) is 16.4 Å². The largest absolute Gasteiger partial charge is 0.484 e. The number of rotatable bonds is 3. The first kappa shape index (κ1) is 19.5. The summed E-state index contributed by atoms with van der Waals surface area (Å²) in [7, 11) is -3.41. The predicted octanol–water partition coefficient (Wildman–Crippen LogP) is 3.63.